The van der Waals surface area contributed by atoms with Crippen molar-refractivity contribution in [1.29, 1.82) is 0 Å². The van der Waals surface area contributed by atoms with Gasteiger partial charge in [0, 0.05) is 0 Å². The van der Waals surface area contributed by atoms with Gasteiger partial charge in [-0.15, -0.1) is 0 Å². The van der Waals surface area contributed by atoms with Crippen molar-refractivity contribution in [2.24, 2.45) is 0 Å². The van der Waals surface area contributed by atoms with E-state index in [0.29, 0.717) is 0 Å². The zero-order valence-electron chi connectivity index (χ0n) is 2.86. The molecule has 0 saturated carbocycles. The van der Waals surface area contributed by atoms with E-state index in [1.54, 1.807) is 0 Å². The van der Waals surface area contributed by atoms with Crippen molar-refractivity contribution in [3.63, 3.8) is 0 Å². The van der Waals surface area contributed by atoms with Crippen LogP contribution in [0.2, 0.25) is 0 Å². The Morgan fingerprint density at radius 3 is 0.800 bits per heavy atom. The number of rotatable bonds is 0. The molecule has 0 rings (SSSR count). The Labute approximate surface area is 53.5 Å². The van der Waals surface area contributed by atoms with Gasteiger partial charge in [-0.25, -0.2) is 0 Å². The number of hydrogen-bond acceptors (Lipinski definition) is 0. The third-order valence-corrected chi connectivity index (χ3v) is 0. The first-order chi connectivity index (χ1) is 2.00. The van der Waals surface area contributed by atoms with E-state index in [1.165, 1.54) is 0 Å². The molecule has 0 aliphatic carbocycles. The van der Waals surface area contributed by atoms with Gasteiger partial charge in [0.2, 0.25) is 0 Å². The number of terminal acetylenes is 2. The summed E-state index contributed by atoms with van der Waals surface area (Å²) in [7, 11) is 0. The molecule has 5 heavy (non-hydrogen) atoms. The Morgan fingerprint density at radius 1 is 0.800 bits per heavy atom. The Morgan fingerprint density at radius 2 is 0.800 bits per heavy atom. The fraction of sp³-hybridized carbons (Fsp3) is 0. The summed E-state index contributed by atoms with van der Waals surface area (Å²) in [5.41, 5.74) is 0. The van der Waals surface area contributed by atoms with Gasteiger partial charge >= 0.3 is 27.7 Å². The molecule has 0 aliphatic heterocycles. The molecule has 0 aliphatic rings. The molecule has 0 aromatic heterocycles. The summed E-state index contributed by atoms with van der Waals surface area (Å²) in [5.74, 6) is 0. The summed E-state index contributed by atoms with van der Waals surface area (Å²) in [4.78, 5) is 0. The topological polar surface area (TPSA) is 0 Å². The average molecular weight is 251 g/mol. The minimum Gasteiger partial charge on any atom is -0.697 e. The van der Waals surface area contributed by atoms with Crippen LogP contribution in [0, 0.1) is 25.7 Å². The van der Waals surface area contributed by atoms with E-state index < -0.39 is 0 Å². The second-order valence-corrected chi connectivity index (χ2v) is 0. The summed E-state index contributed by atoms with van der Waals surface area (Å²) >= 11 is 0. The molecule has 0 aromatic carbocycles. The summed E-state index contributed by atoms with van der Waals surface area (Å²) in [6, 6.07) is 0. The van der Waals surface area contributed by atoms with E-state index in [1.807, 2.05) is 0 Å². The third-order valence-electron chi connectivity index (χ3n) is 0. The van der Waals surface area contributed by atoms with Crippen molar-refractivity contribution in [2.75, 3.05) is 0 Å². The third kappa shape index (κ3) is 5650. The van der Waals surface area contributed by atoms with Gasteiger partial charge in [-0.1, -0.05) is 0 Å². The summed E-state index contributed by atoms with van der Waals surface area (Å²) in [6.45, 7) is 0. The van der Waals surface area contributed by atoms with Gasteiger partial charge in [-0.2, -0.15) is 0 Å². The van der Waals surface area contributed by atoms with Crippen molar-refractivity contribution in [3.8, 4) is 12.8 Å². The van der Waals surface area contributed by atoms with Gasteiger partial charge in [0.25, 0.3) is 0 Å². The molecule has 0 atom stereocenters. The van der Waals surface area contributed by atoms with Crippen LogP contribution in [-0.4, -0.2) is 0 Å². The van der Waals surface area contributed by atoms with E-state index in [0.717, 1.165) is 0 Å². The smallest absolute Gasteiger partial charge is 0.697 e. The van der Waals surface area contributed by atoms with Crippen LogP contribution >= 0.6 is 0 Å². The molecule has 0 spiro atoms. The Bertz CT molecular complexity index is 19.1. The maximum absolute atomic E-state index is 5.25. The normalized spacial score (nSPS) is 0.800. The van der Waals surface area contributed by atoms with Crippen LogP contribution in [0.4, 0.5) is 0 Å². The predicted molar refractivity (Wildman–Crippen MR) is 16.4 cm³/mol. The molecule has 0 fully saturated rings. The van der Waals surface area contributed by atoms with Crippen molar-refractivity contribution in [2.45, 2.75) is 0 Å². The zero-order chi connectivity index (χ0) is 4.00. The van der Waals surface area contributed by atoms with Crippen molar-refractivity contribution < 1.29 is 27.7 Å². The molecule has 0 N–H and O–H groups in total. The standard InChI is InChI=1S/2C2H.Hg/c2*1-2;/h2*1H;/q2*-1;+2. The molecule has 1 heteroatoms. The van der Waals surface area contributed by atoms with Crippen LogP contribution in [-0.2, 0) is 27.7 Å². The van der Waals surface area contributed by atoms with Gasteiger partial charge in [0.1, 0.15) is 0 Å². The SMILES string of the molecule is [C-]#C.[C-]#C.[Hg+2]. The molecule has 0 heterocycles. The largest absolute Gasteiger partial charge is 2.00 e. The van der Waals surface area contributed by atoms with E-state index in [4.69, 9.17) is 12.8 Å². The molecule has 0 bridgehead atoms. The molecule has 20 valence electrons. The molecular formula is C4H2Hg. The summed E-state index contributed by atoms with van der Waals surface area (Å²) in [6.07, 6.45) is 18.0. The molecule has 0 amide bonds. The first-order valence-electron chi connectivity index (χ1n) is 0.577. The molecule has 0 radical (unpaired) electrons. The number of hydrogen-bond donors (Lipinski definition) is 0. The molecule has 0 unspecified atom stereocenters. The van der Waals surface area contributed by atoms with Crippen LogP contribution in [0.15, 0.2) is 0 Å². The second kappa shape index (κ2) is 12500. The zero-order valence-corrected chi connectivity index (χ0v) is 8.36. The van der Waals surface area contributed by atoms with Crippen LogP contribution < -0.4 is 0 Å². The van der Waals surface area contributed by atoms with E-state index in [2.05, 4.69) is 12.8 Å². The molecule has 0 nitrogen and oxygen atoms in total. The fourth-order valence-corrected chi connectivity index (χ4v) is 0. The molecule has 0 saturated heterocycles. The maximum atomic E-state index is 5.25. The Kier molecular flexibility index (Phi) is 49100. The van der Waals surface area contributed by atoms with E-state index in [-0.39, 0.29) is 27.7 Å². The summed E-state index contributed by atoms with van der Waals surface area (Å²) < 4.78 is 0. The van der Waals surface area contributed by atoms with E-state index >= 15 is 0 Å². The Balaban J connectivity index is -0.0000000133. The molecule has 0 aromatic rings. The van der Waals surface area contributed by atoms with Crippen LogP contribution in [0.5, 0.6) is 0 Å². The quantitative estimate of drug-likeness (QED) is 0.332. The molecular weight excluding hydrogens is 249 g/mol. The Hall–Kier alpha value is 0.0551. The second-order valence-electron chi connectivity index (χ2n) is 0. The van der Waals surface area contributed by atoms with Gasteiger partial charge in [0.05, 0.1) is 0 Å². The first-order valence-corrected chi connectivity index (χ1v) is 0.577. The van der Waals surface area contributed by atoms with Gasteiger partial charge in [-0.05, 0) is 0 Å². The van der Waals surface area contributed by atoms with Gasteiger partial charge in [-0.3, -0.25) is 0 Å². The minimum absolute atomic E-state index is 0. The van der Waals surface area contributed by atoms with Crippen molar-refractivity contribution >= 4 is 0 Å². The van der Waals surface area contributed by atoms with Crippen LogP contribution in [0.1, 0.15) is 0 Å². The minimum atomic E-state index is 0. The van der Waals surface area contributed by atoms with Gasteiger partial charge < -0.3 is 25.7 Å². The van der Waals surface area contributed by atoms with Crippen LogP contribution in [0.3, 0.4) is 0 Å². The average Bonchev–Trinajstić information content (AvgIpc) is 1.50. The fourth-order valence-electron chi connectivity index (χ4n) is 0. The van der Waals surface area contributed by atoms with Crippen LogP contribution in [0.25, 0.3) is 0 Å². The monoisotopic (exact) mass is 252 g/mol. The van der Waals surface area contributed by atoms with Gasteiger partial charge in [0.15, 0.2) is 0 Å². The van der Waals surface area contributed by atoms with Crippen molar-refractivity contribution in [3.05, 3.63) is 12.8 Å². The van der Waals surface area contributed by atoms with E-state index in [9.17, 15) is 0 Å². The predicted octanol–water partition coefficient (Wildman–Crippen LogP) is 0.409. The van der Waals surface area contributed by atoms with Crippen molar-refractivity contribution in [1.82, 2.24) is 0 Å². The maximum Gasteiger partial charge on any atom is 2.00 e. The summed E-state index contributed by atoms with van der Waals surface area (Å²) in [5, 5.41) is 0. The first kappa shape index (κ1) is 19.7.